The van der Waals surface area contributed by atoms with Gasteiger partial charge in [0.25, 0.3) is 0 Å². The highest BCUT2D eigenvalue weighted by Gasteiger charge is 2.24. The molecule has 0 aliphatic carbocycles. The van der Waals surface area contributed by atoms with Crippen molar-refractivity contribution < 1.29 is 4.79 Å². The van der Waals surface area contributed by atoms with E-state index in [9.17, 15) is 4.79 Å². The molecule has 0 spiro atoms. The van der Waals surface area contributed by atoms with Crippen molar-refractivity contribution in [1.82, 2.24) is 0 Å². The van der Waals surface area contributed by atoms with Crippen LogP contribution in [-0.2, 0) is 0 Å². The minimum absolute atomic E-state index is 0.321. The van der Waals surface area contributed by atoms with Crippen molar-refractivity contribution in [2.75, 3.05) is 0 Å². The van der Waals surface area contributed by atoms with E-state index in [1.807, 2.05) is 23.9 Å². The van der Waals surface area contributed by atoms with Crippen molar-refractivity contribution in [3.05, 3.63) is 29.3 Å². The molecule has 2 heteroatoms. The number of thioether (sulfide) groups is 1. The first-order chi connectivity index (χ1) is 7.20. The zero-order valence-electron chi connectivity index (χ0n) is 9.25. The average Bonchev–Trinajstić information content (AvgIpc) is 2.17. The molecule has 0 N–H and O–H groups in total. The number of hydrogen-bond acceptors (Lipinski definition) is 2. The van der Waals surface area contributed by atoms with Gasteiger partial charge < -0.3 is 0 Å². The fraction of sp³-hybridized carbons (Fsp3) is 0.462. The first-order valence-corrected chi connectivity index (χ1v) is 6.39. The van der Waals surface area contributed by atoms with Gasteiger partial charge in [0.1, 0.15) is 0 Å². The molecule has 15 heavy (non-hydrogen) atoms. The molecule has 0 saturated carbocycles. The number of fused-ring (bicyclic) bond motifs is 1. The van der Waals surface area contributed by atoms with Crippen LogP contribution in [0.2, 0.25) is 0 Å². The number of rotatable bonds is 2. The highest BCUT2D eigenvalue weighted by Crippen LogP contribution is 2.37. The van der Waals surface area contributed by atoms with Gasteiger partial charge in [0.2, 0.25) is 0 Å². The third-order valence-corrected chi connectivity index (χ3v) is 4.08. The van der Waals surface area contributed by atoms with Gasteiger partial charge in [-0.25, -0.2) is 0 Å². The number of aryl methyl sites for hydroxylation is 1. The molecule has 80 valence electrons. The van der Waals surface area contributed by atoms with Crippen LogP contribution in [0.1, 0.15) is 42.1 Å². The van der Waals surface area contributed by atoms with Crippen molar-refractivity contribution in [3.63, 3.8) is 0 Å². The van der Waals surface area contributed by atoms with Gasteiger partial charge in [-0.3, -0.25) is 4.79 Å². The molecule has 1 aromatic carbocycles. The number of hydrogen-bond donors (Lipinski definition) is 0. The molecule has 2 rings (SSSR count). The summed E-state index contributed by atoms with van der Waals surface area (Å²) >= 11 is 1.88. The number of carbonyl (C=O) groups is 1. The quantitative estimate of drug-likeness (QED) is 0.753. The van der Waals surface area contributed by atoms with E-state index in [-0.39, 0.29) is 0 Å². The number of Topliss-reactive ketones (excluding diaryl/α,β-unsaturated/α-hetero) is 1. The molecular formula is C13H16OS. The monoisotopic (exact) mass is 220 g/mol. The zero-order valence-corrected chi connectivity index (χ0v) is 10.1. The molecule has 0 radical (unpaired) electrons. The van der Waals surface area contributed by atoms with Crippen molar-refractivity contribution >= 4 is 17.5 Å². The normalized spacial score (nSPS) is 20.1. The van der Waals surface area contributed by atoms with Gasteiger partial charge in [0.05, 0.1) is 0 Å². The molecule has 0 aromatic heterocycles. The second-order valence-electron chi connectivity index (χ2n) is 4.16. The topological polar surface area (TPSA) is 17.1 Å². The molecule has 1 unspecified atom stereocenters. The maximum absolute atomic E-state index is 11.9. The zero-order chi connectivity index (χ0) is 10.8. The highest BCUT2D eigenvalue weighted by atomic mass is 32.2. The van der Waals surface area contributed by atoms with Crippen LogP contribution in [0.15, 0.2) is 23.1 Å². The second kappa shape index (κ2) is 4.40. The summed E-state index contributed by atoms with van der Waals surface area (Å²) < 4.78 is 0. The van der Waals surface area contributed by atoms with Gasteiger partial charge in [-0.2, -0.15) is 0 Å². The summed E-state index contributed by atoms with van der Waals surface area (Å²) in [5.74, 6) is 0.321. The highest BCUT2D eigenvalue weighted by molar-refractivity contribution is 8.00. The largest absolute Gasteiger partial charge is 0.294 e. The third kappa shape index (κ3) is 2.25. The lowest BCUT2D eigenvalue weighted by molar-refractivity contribution is 0.0976. The predicted octanol–water partition coefficient (Wildman–Crippen LogP) is 3.84. The standard InChI is InChI=1S/C13H16OS/c1-3-4-10-8-12(14)11-6-5-9(2)7-13(11)15-10/h5-7,10H,3-4,8H2,1-2H3. The van der Waals surface area contributed by atoms with E-state index in [4.69, 9.17) is 0 Å². The maximum atomic E-state index is 11.9. The molecule has 0 amide bonds. The SMILES string of the molecule is CCCC1CC(=O)c2ccc(C)cc2S1. The summed E-state index contributed by atoms with van der Waals surface area (Å²) in [5, 5.41) is 0.497. The van der Waals surface area contributed by atoms with Gasteiger partial charge in [-0.15, -0.1) is 11.8 Å². The van der Waals surface area contributed by atoms with Crippen LogP contribution in [0.5, 0.6) is 0 Å². The van der Waals surface area contributed by atoms with Crippen LogP contribution in [0.25, 0.3) is 0 Å². The van der Waals surface area contributed by atoms with Crippen LogP contribution in [0.3, 0.4) is 0 Å². The molecule has 1 aliphatic rings. The van der Waals surface area contributed by atoms with Crippen molar-refractivity contribution in [2.45, 2.75) is 43.3 Å². The molecule has 0 saturated heterocycles. The van der Waals surface area contributed by atoms with E-state index in [1.165, 1.54) is 10.5 Å². The number of ketones is 1. The van der Waals surface area contributed by atoms with Gasteiger partial charge in [-0.1, -0.05) is 25.5 Å². The molecule has 1 heterocycles. The first-order valence-electron chi connectivity index (χ1n) is 5.51. The number of benzene rings is 1. The van der Waals surface area contributed by atoms with E-state index in [0.29, 0.717) is 17.5 Å². The van der Waals surface area contributed by atoms with Crippen LogP contribution >= 0.6 is 11.8 Å². The average molecular weight is 220 g/mol. The van der Waals surface area contributed by atoms with Crippen LogP contribution < -0.4 is 0 Å². The molecule has 1 atom stereocenters. The Morgan fingerprint density at radius 1 is 1.47 bits per heavy atom. The lowest BCUT2D eigenvalue weighted by Crippen LogP contribution is -2.17. The van der Waals surface area contributed by atoms with Gasteiger partial charge in [-0.05, 0) is 25.0 Å². The summed E-state index contributed by atoms with van der Waals surface area (Å²) in [7, 11) is 0. The fourth-order valence-electron chi connectivity index (χ4n) is 1.98. The lowest BCUT2D eigenvalue weighted by atomic mass is 10.0. The van der Waals surface area contributed by atoms with E-state index in [2.05, 4.69) is 19.9 Å². The summed E-state index contributed by atoms with van der Waals surface area (Å²) in [6.45, 7) is 4.26. The maximum Gasteiger partial charge on any atom is 0.165 e. The second-order valence-corrected chi connectivity index (χ2v) is 5.50. The van der Waals surface area contributed by atoms with Crippen molar-refractivity contribution in [3.8, 4) is 0 Å². The Kier molecular flexibility index (Phi) is 3.15. The molecule has 1 aliphatic heterocycles. The molecular weight excluding hydrogens is 204 g/mol. The Morgan fingerprint density at radius 3 is 3.00 bits per heavy atom. The molecule has 1 aromatic rings. The molecule has 0 bridgehead atoms. The van der Waals surface area contributed by atoms with Gasteiger partial charge in [0.15, 0.2) is 5.78 Å². The van der Waals surface area contributed by atoms with E-state index in [0.717, 1.165) is 18.4 Å². The third-order valence-electron chi connectivity index (χ3n) is 2.75. The summed E-state index contributed by atoms with van der Waals surface area (Å²) in [6.07, 6.45) is 3.02. The Balaban J connectivity index is 2.29. The van der Waals surface area contributed by atoms with Crippen LogP contribution in [0, 0.1) is 6.92 Å². The first kappa shape index (κ1) is 10.7. The van der Waals surface area contributed by atoms with Crippen molar-refractivity contribution in [1.29, 1.82) is 0 Å². The fourth-order valence-corrected chi connectivity index (χ4v) is 3.49. The van der Waals surface area contributed by atoms with Gasteiger partial charge >= 0.3 is 0 Å². The van der Waals surface area contributed by atoms with Crippen LogP contribution in [-0.4, -0.2) is 11.0 Å². The lowest BCUT2D eigenvalue weighted by Gasteiger charge is -2.22. The van der Waals surface area contributed by atoms with Crippen LogP contribution in [0.4, 0.5) is 0 Å². The Labute approximate surface area is 95.3 Å². The van der Waals surface area contributed by atoms with E-state index < -0.39 is 0 Å². The minimum atomic E-state index is 0.321. The van der Waals surface area contributed by atoms with E-state index in [1.54, 1.807) is 0 Å². The van der Waals surface area contributed by atoms with Crippen molar-refractivity contribution in [2.24, 2.45) is 0 Å². The number of carbonyl (C=O) groups excluding carboxylic acids is 1. The smallest absolute Gasteiger partial charge is 0.165 e. The van der Waals surface area contributed by atoms with E-state index >= 15 is 0 Å². The summed E-state index contributed by atoms with van der Waals surface area (Å²) in [5.41, 5.74) is 2.17. The molecule has 0 fully saturated rings. The minimum Gasteiger partial charge on any atom is -0.294 e. The van der Waals surface area contributed by atoms with Gasteiger partial charge in [0, 0.05) is 22.1 Å². The predicted molar refractivity (Wildman–Crippen MR) is 64.7 cm³/mol. The summed E-state index contributed by atoms with van der Waals surface area (Å²) in [6, 6.07) is 6.14. The summed E-state index contributed by atoms with van der Waals surface area (Å²) in [4.78, 5) is 13.1. The Hall–Kier alpha value is -0.760. The molecule has 1 nitrogen and oxygen atoms in total. The Morgan fingerprint density at radius 2 is 2.27 bits per heavy atom. The Bertz CT molecular complexity index is 384.